The molecule has 0 amide bonds. The van der Waals surface area contributed by atoms with Crippen molar-refractivity contribution in [1.82, 2.24) is 20.1 Å². The number of hydrogen-bond acceptors (Lipinski definition) is 3. The van der Waals surface area contributed by atoms with E-state index in [4.69, 9.17) is 0 Å². The normalized spacial score (nSPS) is 17.8. The highest BCUT2D eigenvalue weighted by molar-refractivity contribution is 4.91. The van der Waals surface area contributed by atoms with Gasteiger partial charge in [-0.25, -0.2) is 9.89 Å². The summed E-state index contributed by atoms with van der Waals surface area (Å²) in [6, 6.07) is 0.365. The van der Waals surface area contributed by atoms with Crippen molar-refractivity contribution in [3.05, 3.63) is 16.3 Å². The van der Waals surface area contributed by atoms with Gasteiger partial charge in [0, 0.05) is 6.04 Å². The minimum atomic E-state index is -0.0675. The first-order valence-corrected chi connectivity index (χ1v) is 5.13. The largest absolute Gasteiger partial charge is 0.343 e. The molecule has 0 saturated heterocycles. The lowest BCUT2D eigenvalue weighted by molar-refractivity contribution is 0.478. The second-order valence-corrected chi connectivity index (χ2v) is 3.78. The summed E-state index contributed by atoms with van der Waals surface area (Å²) in [6.45, 7) is 0.648. The first-order valence-electron chi connectivity index (χ1n) is 5.13. The summed E-state index contributed by atoms with van der Waals surface area (Å²) in [7, 11) is 1.86. The Morgan fingerprint density at radius 1 is 1.57 bits per heavy atom. The maximum absolute atomic E-state index is 11.5. The highest BCUT2D eigenvalue weighted by atomic mass is 16.1. The van der Waals surface area contributed by atoms with Gasteiger partial charge in [-0.3, -0.25) is 4.57 Å². The topological polar surface area (TPSA) is 62.7 Å². The molecule has 0 atom stereocenters. The van der Waals surface area contributed by atoms with E-state index in [1.54, 1.807) is 0 Å². The third-order valence-electron chi connectivity index (χ3n) is 2.80. The minimum Gasteiger partial charge on any atom is -0.313 e. The van der Waals surface area contributed by atoms with Crippen molar-refractivity contribution in [2.24, 2.45) is 0 Å². The lowest BCUT2D eigenvalue weighted by atomic mass is 10.2. The van der Waals surface area contributed by atoms with Gasteiger partial charge >= 0.3 is 5.69 Å². The van der Waals surface area contributed by atoms with Gasteiger partial charge in [-0.2, -0.15) is 5.10 Å². The second kappa shape index (κ2) is 3.96. The predicted octanol–water partition coefficient (Wildman–Crippen LogP) is 0.406. The summed E-state index contributed by atoms with van der Waals surface area (Å²) in [4.78, 5) is 11.5. The van der Waals surface area contributed by atoms with E-state index in [0.29, 0.717) is 12.6 Å². The average Bonchev–Trinajstić information content (AvgIpc) is 2.76. The molecule has 5 nitrogen and oxygen atoms in total. The number of nitrogens with zero attached hydrogens (tertiary/aromatic N) is 2. The van der Waals surface area contributed by atoms with Crippen LogP contribution in [-0.2, 0) is 6.54 Å². The van der Waals surface area contributed by atoms with E-state index in [1.807, 2.05) is 11.6 Å². The van der Waals surface area contributed by atoms with Crippen LogP contribution in [0, 0.1) is 0 Å². The number of rotatable bonds is 3. The smallest absolute Gasteiger partial charge is 0.313 e. The van der Waals surface area contributed by atoms with Crippen molar-refractivity contribution in [2.75, 3.05) is 7.05 Å². The van der Waals surface area contributed by atoms with Crippen LogP contribution in [-0.4, -0.2) is 21.8 Å². The van der Waals surface area contributed by atoms with Crippen LogP contribution in [0.1, 0.15) is 37.5 Å². The van der Waals surface area contributed by atoms with Gasteiger partial charge in [0.1, 0.15) is 5.82 Å². The lowest BCUT2D eigenvalue weighted by Crippen LogP contribution is -2.24. The summed E-state index contributed by atoms with van der Waals surface area (Å²) >= 11 is 0. The first-order chi connectivity index (χ1) is 6.83. The van der Waals surface area contributed by atoms with Crippen molar-refractivity contribution in [2.45, 2.75) is 38.3 Å². The standard InChI is InChI=1S/C9H16N4O/c1-10-6-8-11-12-9(14)13(8)7-4-2-3-5-7/h7,10H,2-6H2,1H3,(H,12,14). The molecule has 78 valence electrons. The molecule has 0 bridgehead atoms. The van der Waals surface area contributed by atoms with Crippen LogP contribution in [0.25, 0.3) is 0 Å². The second-order valence-electron chi connectivity index (χ2n) is 3.78. The first kappa shape index (κ1) is 9.45. The molecule has 2 N–H and O–H groups in total. The SMILES string of the molecule is CNCc1n[nH]c(=O)n1C1CCCC1. The van der Waals surface area contributed by atoms with Gasteiger partial charge in [0.25, 0.3) is 0 Å². The van der Waals surface area contributed by atoms with E-state index in [9.17, 15) is 4.79 Å². The van der Waals surface area contributed by atoms with Crippen molar-refractivity contribution < 1.29 is 0 Å². The predicted molar refractivity (Wildman–Crippen MR) is 53.1 cm³/mol. The van der Waals surface area contributed by atoms with Crippen LogP contribution in [0.2, 0.25) is 0 Å². The zero-order chi connectivity index (χ0) is 9.97. The van der Waals surface area contributed by atoms with Crippen LogP contribution in [0.3, 0.4) is 0 Å². The van der Waals surface area contributed by atoms with Gasteiger partial charge in [-0.05, 0) is 19.9 Å². The molecule has 2 rings (SSSR count). The Kier molecular flexibility index (Phi) is 2.67. The number of aromatic nitrogens is 3. The highest BCUT2D eigenvalue weighted by Crippen LogP contribution is 2.28. The van der Waals surface area contributed by atoms with Gasteiger partial charge in [0.05, 0.1) is 6.54 Å². The Morgan fingerprint density at radius 2 is 2.29 bits per heavy atom. The quantitative estimate of drug-likeness (QED) is 0.735. The molecule has 1 heterocycles. The molecule has 1 aliphatic carbocycles. The molecule has 5 heteroatoms. The van der Waals surface area contributed by atoms with Crippen LogP contribution >= 0.6 is 0 Å². The average molecular weight is 196 g/mol. The maximum Gasteiger partial charge on any atom is 0.343 e. The highest BCUT2D eigenvalue weighted by Gasteiger charge is 2.21. The zero-order valence-electron chi connectivity index (χ0n) is 8.42. The summed E-state index contributed by atoms with van der Waals surface area (Å²) in [6.07, 6.45) is 4.66. The molecule has 0 aliphatic heterocycles. The molecule has 1 aromatic rings. The fourth-order valence-corrected chi connectivity index (χ4v) is 2.16. The molecule has 0 radical (unpaired) electrons. The van der Waals surface area contributed by atoms with Crippen molar-refractivity contribution in [3.8, 4) is 0 Å². The molecule has 0 unspecified atom stereocenters. The lowest BCUT2D eigenvalue weighted by Gasteiger charge is -2.11. The summed E-state index contributed by atoms with van der Waals surface area (Å²) < 4.78 is 1.81. The molecule has 1 saturated carbocycles. The van der Waals surface area contributed by atoms with E-state index < -0.39 is 0 Å². The van der Waals surface area contributed by atoms with Gasteiger partial charge in [-0.1, -0.05) is 12.8 Å². The number of aromatic amines is 1. The number of H-pyrrole nitrogens is 1. The van der Waals surface area contributed by atoms with E-state index >= 15 is 0 Å². The molecule has 1 aromatic heterocycles. The van der Waals surface area contributed by atoms with Gasteiger partial charge < -0.3 is 5.32 Å². The molecule has 0 spiro atoms. The maximum atomic E-state index is 11.5. The third kappa shape index (κ3) is 1.59. The van der Waals surface area contributed by atoms with E-state index in [1.165, 1.54) is 12.8 Å². The van der Waals surface area contributed by atoms with E-state index in [0.717, 1.165) is 18.7 Å². The van der Waals surface area contributed by atoms with Crippen molar-refractivity contribution in [1.29, 1.82) is 0 Å². The summed E-state index contributed by atoms with van der Waals surface area (Å²) in [5.41, 5.74) is -0.0675. The van der Waals surface area contributed by atoms with Crippen molar-refractivity contribution >= 4 is 0 Å². The van der Waals surface area contributed by atoms with Gasteiger partial charge in [-0.15, -0.1) is 0 Å². The van der Waals surface area contributed by atoms with Gasteiger partial charge in [0.15, 0.2) is 0 Å². The van der Waals surface area contributed by atoms with Crippen LogP contribution in [0.5, 0.6) is 0 Å². The van der Waals surface area contributed by atoms with Crippen LogP contribution < -0.4 is 11.0 Å². The fourth-order valence-electron chi connectivity index (χ4n) is 2.16. The molecule has 14 heavy (non-hydrogen) atoms. The number of nitrogens with one attached hydrogen (secondary N) is 2. The van der Waals surface area contributed by atoms with E-state index in [2.05, 4.69) is 15.5 Å². The van der Waals surface area contributed by atoms with Crippen molar-refractivity contribution in [3.63, 3.8) is 0 Å². The molecule has 1 fully saturated rings. The number of hydrogen-bond donors (Lipinski definition) is 2. The van der Waals surface area contributed by atoms with Crippen LogP contribution in [0.4, 0.5) is 0 Å². The molecule has 1 aliphatic rings. The molecular weight excluding hydrogens is 180 g/mol. The van der Waals surface area contributed by atoms with Gasteiger partial charge in [0.2, 0.25) is 0 Å². The van der Waals surface area contributed by atoms with Crippen LogP contribution in [0.15, 0.2) is 4.79 Å². The van der Waals surface area contributed by atoms with E-state index in [-0.39, 0.29) is 5.69 Å². The Bertz CT molecular complexity index is 348. The Balaban J connectivity index is 2.28. The summed E-state index contributed by atoms with van der Waals surface area (Å²) in [5.74, 6) is 0.824. The summed E-state index contributed by atoms with van der Waals surface area (Å²) in [5, 5.41) is 9.55. The Morgan fingerprint density at radius 3 is 2.93 bits per heavy atom. The molecular formula is C9H16N4O. The monoisotopic (exact) mass is 196 g/mol. The zero-order valence-corrected chi connectivity index (χ0v) is 8.42. The Hall–Kier alpha value is -1.10. The minimum absolute atomic E-state index is 0.0675. The Labute approximate surface area is 82.5 Å². The molecule has 0 aromatic carbocycles. The third-order valence-corrected chi connectivity index (χ3v) is 2.80. The fraction of sp³-hybridized carbons (Fsp3) is 0.778.